The first kappa shape index (κ1) is 18.4. The first-order valence-electron chi connectivity index (χ1n) is 9.37. The van der Waals surface area contributed by atoms with Crippen LogP contribution in [0.5, 0.6) is 0 Å². The van der Waals surface area contributed by atoms with E-state index >= 15 is 0 Å². The predicted octanol–water partition coefficient (Wildman–Crippen LogP) is 5.67. The fourth-order valence-corrected chi connectivity index (χ4v) is 4.34. The SMILES string of the molecule is Cc1ncc(C(C)C)c2c1[C@H](C)N(C)[C@H](C)[C@H](C)CC2C(C)C. The summed E-state index contributed by atoms with van der Waals surface area (Å²) < 4.78 is 0. The van der Waals surface area contributed by atoms with Gasteiger partial charge in [0.2, 0.25) is 0 Å². The van der Waals surface area contributed by atoms with Crippen LogP contribution in [0.1, 0.15) is 95.1 Å². The van der Waals surface area contributed by atoms with Crippen molar-refractivity contribution < 1.29 is 0 Å². The van der Waals surface area contributed by atoms with Gasteiger partial charge in [0.05, 0.1) is 0 Å². The standard InChI is InChI=1S/C21H36N2/c1-12(2)18-10-14(5)16(7)23(9)17(8)20-15(6)22-11-19(13(3)4)21(18)20/h11-14,16-18H,10H2,1-9H3/t14-,16-,17+,18?/m1/s1. The van der Waals surface area contributed by atoms with Crippen molar-refractivity contribution in [3.63, 3.8) is 0 Å². The second-order valence-corrected chi connectivity index (χ2v) is 8.43. The summed E-state index contributed by atoms with van der Waals surface area (Å²) in [6.07, 6.45) is 3.42. The molecule has 0 spiro atoms. The summed E-state index contributed by atoms with van der Waals surface area (Å²) in [5.41, 5.74) is 5.79. The highest BCUT2D eigenvalue weighted by molar-refractivity contribution is 5.43. The van der Waals surface area contributed by atoms with Crippen molar-refractivity contribution >= 4 is 0 Å². The number of hydrogen-bond donors (Lipinski definition) is 0. The molecule has 2 rings (SSSR count). The molecule has 0 fully saturated rings. The summed E-state index contributed by atoms with van der Waals surface area (Å²) in [6, 6.07) is 1.02. The quantitative estimate of drug-likeness (QED) is 0.698. The van der Waals surface area contributed by atoms with Gasteiger partial charge in [0.15, 0.2) is 0 Å². The number of pyridine rings is 1. The van der Waals surface area contributed by atoms with Gasteiger partial charge in [0.25, 0.3) is 0 Å². The van der Waals surface area contributed by atoms with E-state index in [0.29, 0.717) is 35.8 Å². The molecule has 2 nitrogen and oxygen atoms in total. The average Bonchev–Trinajstić information content (AvgIpc) is 2.48. The molecule has 4 atom stereocenters. The molecule has 1 aromatic heterocycles. The molecule has 1 aliphatic heterocycles. The van der Waals surface area contributed by atoms with Crippen LogP contribution in [-0.4, -0.2) is 23.0 Å². The molecule has 0 aromatic carbocycles. The Morgan fingerprint density at radius 2 is 1.70 bits per heavy atom. The van der Waals surface area contributed by atoms with Crippen LogP contribution >= 0.6 is 0 Å². The third-order valence-corrected chi connectivity index (χ3v) is 6.31. The Morgan fingerprint density at radius 3 is 2.22 bits per heavy atom. The normalized spacial score (nSPS) is 29.5. The number of aromatic nitrogens is 1. The number of hydrogen-bond acceptors (Lipinski definition) is 2. The fraction of sp³-hybridized carbons (Fsp3) is 0.762. The van der Waals surface area contributed by atoms with Crippen LogP contribution in [-0.2, 0) is 0 Å². The largest absolute Gasteiger partial charge is 0.297 e. The number of rotatable bonds is 2. The number of nitrogens with zero attached hydrogens (tertiary/aromatic N) is 2. The highest BCUT2D eigenvalue weighted by Crippen LogP contribution is 2.44. The predicted molar refractivity (Wildman–Crippen MR) is 100 cm³/mol. The van der Waals surface area contributed by atoms with E-state index in [2.05, 4.69) is 73.5 Å². The van der Waals surface area contributed by atoms with Gasteiger partial charge in [-0.3, -0.25) is 9.88 Å². The highest BCUT2D eigenvalue weighted by atomic mass is 15.2. The van der Waals surface area contributed by atoms with Gasteiger partial charge in [-0.1, -0.05) is 34.6 Å². The third kappa shape index (κ3) is 3.33. The minimum Gasteiger partial charge on any atom is -0.297 e. The van der Waals surface area contributed by atoms with Gasteiger partial charge >= 0.3 is 0 Å². The maximum atomic E-state index is 4.78. The zero-order valence-corrected chi connectivity index (χ0v) is 16.6. The molecule has 0 saturated carbocycles. The lowest BCUT2D eigenvalue weighted by atomic mass is 9.72. The van der Waals surface area contributed by atoms with E-state index in [9.17, 15) is 0 Å². The Hall–Kier alpha value is -0.890. The lowest BCUT2D eigenvalue weighted by Gasteiger charge is -2.43. The van der Waals surface area contributed by atoms with E-state index in [1.54, 1.807) is 5.56 Å². The first-order valence-corrected chi connectivity index (χ1v) is 9.37. The van der Waals surface area contributed by atoms with Crippen molar-refractivity contribution in [2.45, 2.75) is 85.7 Å². The van der Waals surface area contributed by atoms with Gasteiger partial charge in [0, 0.05) is 24.0 Å². The Balaban J connectivity index is 2.76. The lowest BCUT2D eigenvalue weighted by Crippen LogP contribution is -2.40. The molecule has 0 N–H and O–H groups in total. The number of fused-ring (bicyclic) bond motifs is 1. The van der Waals surface area contributed by atoms with E-state index in [-0.39, 0.29) is 0 Å². The summed E-state index contributed by atoms with van der Waals surface area (Å²) in [4.78, 5) is 7.34. The summed E-state index contributed by atoms with van der Waals surface area (Å²) in [5, 5.41) is 0. The van der Waals surface area contributed by atoms with Gasteiger partial charge in [-0.2, -0.15) is 0 Å². The minimum atomic E-state index is 0.426. The molecule has 0 bridgehead atoms. The van der Waals surface area contributed by atoms with Crippen molar-refractivity contribution in [1.82, 2.24) is 9.88 Å². The van der Waals surface area contributed by atoms with E-state index in [1.807, 2.05) is 0 Å². The summed E-state index contributed by atoms with van der Waals surface area (Å²) in [6.45, 7) is 18.8. The molecular weight excluding hydrogens is 280 g/mol. The van der Waals surface area contributed by atoms with Crippen LogP contribution in [0.2, 0.25) is 0 Å². The maximum Gasteiger partial charge on any atom is 0.0423 e. The zero-order valence-electron chi connectivity index (χ0n) is 16.6. The van der Waals surface area contributed by atoms with Crippen molar-refractivity contribution in [3.05, 3.63) is 28.6 Å². The van der Waals surface area contributed by atoms with Crippen molar-refractivity contribution in [2.75, 3.05) is 7.05 Å². The van der Waals surface area contributed by atoms with E-state index < -0.39 is 0 Å². The molecule has 0 radical (unpaired) electrons. The molecule has 130 valence electrons. The fourth-order valence-electron chi connectivity index (χ4n) is 4.34. The molecule has 1 aromatic rings. The van der Waals surface area contributed by atoms with Gasteiger partial charge in [0.1, 0.15) is 0 Å². The smallest absolute Gasteiger partial charge is 0.0423 e. The van der Waals surface area contributed by atoms with E-state index in [0.717, 1.165) is 0 Å². The molecule has 1 aliphatic rings. The van der Waals surface area contributed by atoms with E-state index in [4.69, 9.17) is 4.98 Å². The van der Waals surface area contributed by atoms with Gasteiger partial charge in [-0.05, 0) is 74.6 Å². The van der Waals surface area contributed by atoms with Gasteiger partial charge in [-0.25, -0.2) is 0 Å². The Kier molecular flexibility index (Phi) is 5.56. The first-order chi connectivity index (χ1) is 10.7. The molecule has 0 saturated heterocycles. The third-order valence-electron chi connectivity index (χ3n) is 6.31. The summed E-state index contributed by atoms with van der Waals surface area (Å²) in [7, 11) is 2.28. The molecule has 23 heavy (non-hydrogen) atoms. The Labute approximate surface area is 143 Å². The van der Waals surface area contributed by atoms with Crippen molar-refractivity contribution in [1.29, 1.82) is 0 Å². The van der Waals surface area contributed by atoms with Gasteiger partial charge < -0.3 is 0 Å². The monoisotopic (exact) mass is 316 g/mol. The van der Waals surface area contributed by atoms with Crippen LogP contribution in [0.3, 0.4) is 0 Å². The van der Waals surface area contributed by atoms with Crippen molar-refractivity contribution in [3.8, 4) is 0 Å². The Morgan fingerprint density at radius 1 is 1.09 bits per heavy atom. The highest BCUT2D eigenvalue weighted by Gasteiger charge is 2.35. The molecular formula is C21H36N2. The summed E-state index contributed by atoms with van der Waals surface area (Å²) in [5.74, 6) is 2.54. The second-order valence-electron chi connectivity index (χ2n) is 8.43. The number of aryl methyl sites for hydroxylation is 1. The van der Waals surface area contributed by atoms with Gasteiger partial charge in [-0.15, -0.1) is 0 Å². The van der Waals surface area contributed by atoms with Crippen LogP contribution in [0.4, 0.5) is 0 Å². The lowest BCUT2D eigenvalue weighted by molar-refractivity contribution is 0.128. The molecule has 2 heteroatoms. The van der Waals surface area contributed by atoms with Crippen LogP contribution in [0.25, 0.3) is 0 Å². The van der Waals surface area contributed by atoms with Crippen LogP contribution in [0.15, 0.2) is 6.20 Å². The summed E-state index contributed by atoms with van der Waals surface area (Å²) >= 11 is 0. The second kappa shape index (κ2) is 6.93. The van der Waals surface area contributed by atoms with E-state index in [1.165, 1.54) is 23.2 Å². The molecule has 0 aliphatic carbocycles. The van der Waals surface area contributed by atoms with Crippen LogP contribution in [0, 0.1) is 18.8 Å². The zero-order chi connectivity index (χ0) is 17.5. The Bertz CT molecular complexity index is 547. The minimum absolute atomic E-state index is 0.426. The van der Waals surface area contributed by atoms with Crippen LogP contribution < -0.4 is 0 Å². The molecule has 1 unspecified atom stereocenters. The van der Waals surface area contributed by atoms with Crippen molar-refractivity contribution in [2.24, 2.45) is 11.8 Å². The topological polar surface area (TPSA) is 16.1 Å². The average molecular weight is 317 g/mol. The molecule has 2 heterocycles. The molecule has 0 amide bonds. The maximum absolute atomic E-state index is 4.78.